The minimum Gasteiger partial charge on any atom is -0.444 e. The number of rotatable bonds is 3. The van der Waals surface area contributed by atoms with Crippen LogP contribution in [0.25, 0.3) is 5.69 Å². The Morgan fingerprint density at radius 3 is 2.54 bits per heavy atom. The molecule has 0 spiro atoms. The van der Waals surface area contributed by atoms with E-state index < -0.39 is 29.3 Å². The fourth-order valence-corrected chi connectivity index (χ4v) is 4.85. The standard InChI is InChI=1S/C24H25F3N4O3S/c1-14-10-31(13-28-14)17-8-15(24(25,26)27)7-16(9-17)29-21(32)19-12-35-20-11-30(6-5-18(19)20)22(33)34-23(2,3)4/h7-10,12-13H,5-6,11H2,1-4H3,(H,29,32). The number of carbonyl (C=O) groups is 2. The van der Waals surface area contributed by atoms with Crippen molar-refractivity contribution in [3.8, 4) is 5.69 Å². The average molecular weight is 507 g/mol. The highest BCUT2D eigenvalue weighted by atomic mass is 32.1. The maximum atomic E-state index is 13.5. The molecule has 2 amide bonds. The molecular formula is C24H25F3N4O3S. The van der Waals surface area contributed by atoms with E-state index in [-0.39, 0.29) is 11.4 Å². The summed E-state index contributed by atoms with van der Waals surface area (Å²) in [5, 5.41) is 4.29. The largest absolute Gasteiger partial charge is 0.444 e. The lowest BCUT2D eigenvalue weighted by molar-refractivity contribution is -0.137. The maximum absolute atomic E-state index is 13.5. The van der Waals surface area contributed by atoms with E-state index in [0.717, 1.165) is 22.6 Å². The highest BCUT2D eigenvalue weighted by Gasteiger charge is 2.32. The lowest BCUT2D eigenvalue weighted by atomic mass is 10.0. The number of nitrogens with zero attached hydrogens (tertiary/aromatic N) is 3. The van der Waals surface area contributed by atoms with Gasteiger partial charge in [0.15, 0.2) is 0 Å². The van der Waals surface area contributed by atoms with E-state index in [1.807, 2.05) is 0 Å². The molecule has 35 heavy (non-hydrogen) atoms. The van der Waals surface area contributed by atoms with Gasteiger partial charge >= 0.3 is 12.3 Å². The molecule has 186 valence electrons. The molecule has 0 atom stereocenters. The van der Waals surface area contributed by atoms with Crippen molar-refractivity contribution in [2.75, 3.05) is 11.9 Å². The van der Waals surface area contributed by atoms with Crippen molar-refractivity contribution >= 4 is 29.0 Å². The molecule has 1 N–H and O–H groups in total. The van der Waals surface area contributed by atoms with Crippen LogP contribution in [-0.2, 0) is 23.9 Å². The molecule has 7 nitrogen and oxygen atoms in total. The van der Waals surface area contributed by atoms with Gasteiger partial charge in [0.2, 0.25) is 0 Å². The van der Waals surface area contributed by atoms with Crippen LogP contribution in [-0.4, -0.2) is 38.6 Å². The SMILES string of the molecule is Cc1cn(-c2cc(NC(=O)c3csc4c3CCN(C(=O)OC(C)(C)C)C4)cc(C(F)(F)F)c2)cn1. The van der Waals surface area contributed by atoms with Gasteiger partial charge in [0.1, 0.15) is 5.60 Å². The molecule has 1 aliphatic heterocycles. The molecule has 0 saturated heterocycles. The third-order valence-corrected chi connectivity index (χ3v) is 6.37. The molecule has 0 unspecified atom stereocenters. The van der Waals surface area contributed by atoms with Crippen LogP contribution in [0.2, 0.25) is 0 Å². The second kappa shape index (κ2) is 9.03. The molecule has 3 heterocycles. The predicted octanol–water partition coefficient (Wildman–Crippen LogP) is 5.81. The van der Waals surface area contributed by atoms with Crippen molar-refractivity contribution in [1.29, 1.82) is 0 Å². The number of hydrogen-bond donors (Lipinski definition) is 1. The van der Waals surface area contributed by atoms with E-state index in [9.17, 15) is 22.8 Å². The van der Waals surface area contributed by atoms with Crippen LogP contribution < -0.4 is 5.32 Å². The lowest BCUT2D eigenvalue weighted by Crippen LogP contribution is -2.39. The molecule has 11 heteroatoms. The first-order chi connectivity index (χ1) is 16.3. The summed E-state index contributed by atoms with van der Waals surface area (Å²) in [6.07, 6.45) is -1.54. The number of anilines is 1. The Morgan fingerprint density at radius 1 is 1.17 bits per heavy atom. The summed E-state index contributed by atoms with van der Waals surface area (Å²) in [5.74, 6) is -0.500. The number of halogens is 3. The second-order valence-corrected chi connectivity index (χ2v) is 10.3. The molecule has 0 fully saturated rings. The van der Waals surface area contributed by atoms with Crippen molar-refractivity contribution < 1.29 is 27.5 Å². The third-order valence-electron chi connectivity index (χ3n) is 5.36. The number of nitrogens with one attached hydrogen (secondary N) is 1. The molecule has 3 aromatic rings. The van der Waals surface area contributed by atoms with Crippen LogP contribution in [0.3, 0.4) is 0 Å². The van der Waals surface area contributed by atoms with Crippen LogP contribution in [0, 0.1) is 6.92 Å². The summed E-state index contributed by atoms with van der Waals surface area (Å²) >= 11 is 1.34. The number of carbonyl (C=O) groups excluding carboxylic acids is 2. The summed E-state index contributed by atoms with van der Waals surface area (Å²) in [6.45, 7) is 7.81. The smallest absolute Gasteiger partial charge is 0.416 e. The van der Waals surface area contributed by atoms with Gasteiger partial charge in [-0.3, -0.25) is 4.79 Å². The minimum absolute atomic E-state index is 0.0253. The Kier molecular flexibility index (Phi) is 6.39. The van der Waals surface area contributed by atoms with E-state index in [1.165, 1.54) is 28.3 Å². The van der Waals surface area contributed by atoms with Gasteiger partial charge in [0, 0.05) is 34.4 Å². The van der Waals surface area contributed by atoms with Crippen molar-refractivity contribution in [1.82, 2.24) is 14.5 Å². The number of fused-ring (bicyclic) bond motifs is 1. The molecule has 1 aromatic carbocycles. The first-order valence-electron chi connectivity index (χ1n) is 10.9. The summed E-state index contributed by atoms with van der Waals surface area (Å²) in [7, 11) is 0. The van der Waals surface area contributed by atoms with Crippen molar-refractivity contribution in [2.45, 2.75) is 52.4 Å². The Hall–Kier alpha value is -3.34. The Morgan fingerprint density at radius 2 is 1.91 bits per heavy atom. The van der Waals surface area contributed by atoms with E-state index >= 15 is 0 Å². The fourth-order valence-electron chi connectivity index (χ4n) is 3.76. The number of hydrogen-bond acceptors (Lipinski definition) is 5. The Labute approximate surface area is 204 Å². The van der Waals surface area contributed by atoms with Gasteiger partial charge in [-0.1, -0.05) is 0 Å². The van der Waals surface area contributed by atoms with Gasteiger partial charge in [0.25, 0.3) is 5.91 Å². The lowest BCUT2D eigenvalue weighted by Gasteiger charge is -2.30. The molecular weight excluding hydrogens is 481 g/mol. The molecule has 0 aliphatic carbocycles. The number of aromatic nitrogens is 2. The number of imidazole rings is 1. The topological polar surface area (TPSA) is 76.5 Å². The van der Waals surface area contributed by atoms with Crippen molar-refractivity contribution in [2.24, 2.45) is 0 Å². The summed E-state index contributed by atoms with van der Waals surface area (Å²) in [4.78, 5) is 31.9. The van der Waals surface area contributed by atoms with Crippen LogP contribution >= 0.6 is 11.3 Å². The number of thiophene rings is 1. The van der Waals surface area contributed by atoms with Gasteiger partial charge in [-0.2, -0.15) is 13.2 Å². The quantitative estimate of drug-likeness (QED) is 0.487. The van der Waals surface area contributed by atoms with E-state index in [4.69, 9.17) is 4.74 Å². The number of amides is 2. The number of ether oxygens (including phenoxy) is 1. The summed E-state index contributed by atoms with van der Waals surface area (Å²) in [6, 6.07) is 3.39. The number of alkyl halides is 3. The minimum atomic E-state index is -4.59. The van der Waals surface area contributed by atoms with E-state index in [2.05, 4.69) is 10.3 Å². The molecule has 4 rings (SSSR count). The van der Waals surface area contributed by atoms with Crippen LogP contribution in [0.4, 0.5) is 23.7 Å². The van der Waals surface area contributed by atoms with Crippen LogP contribution in [0.1, 0.15) is 52.8 Å². The first-order valence-corrected chi connectivity index (χ1v) is 11.8. The molecule has 0 saturated carbocycles. The van der Waals surface area contributed by atoms with Crippen molar-refractivity contribution in [3.05, 3.63) is 63.4 Å². The zero-order chi connectivity index (χ0) is 25.5. The second-order valence-electron chi connectivity index (χ2n) is 9.35. The monoisotopic (exact) mass is 506 g/mol. The molecule has 0 bridgehead atoms. The molecule has 2 aromatic heterocycles. The Balaban J connectivity index is 1.56. The van der Waals surface area contributed by atoms with Crippen LogP contribution in [0.5, 0.6) is 0 Å². The van der Waals surface area contributed by atoms with Crippen LogP contribution in [0.15, 0.2) is 36.1 Å². The van der Waals surface area contributed by atoms with Crippen molar-refractivity contribution in [3.63, 3.8) is 0 Å². The fraction of sp³-hybridized carbons (Fsp3) is 0.375. The number of benzene rings is 1. The van der Waals surface area contributed by atoms with Gasteiger partial charge in [-0.15, -0.1) is 11.3 Å². The zero-order valence-corrected chi connectivity index (χ0v) is 20.5. The molecule has 0 radical (unpaired) electrons. The summed E-state index contributed by atoms with van der Waals surface area (Å²) in [5.41, 5.74) is 0.608. The van der Waals surface area contributed by atoms with Gasteiger partial charge in [-0.05, 0) is 57.9 Å². The Bertz CT molecular complexity index is 1270. The average Bonchev–Trinajstić information content (AvgIpc) is 3.37. The highest BCUT2D eigenvalue weighted by molar-refractivity contribution is 7.10. The number of aryl methyl sites for hydroxylation is 1. The predicted molar refractivity (Wildman–Crippen MR) is 126 cm³/mol. The summed E-state index contributed by atoms with van der Waals surface area (Å²) < 4.78 is 47.5. The third kappa shape index (κ3) is 5.67. The maximum Gasteiger partial charge on any atom is 0.416 e. The first kappa shape index (κ1) is 24.8. The highest BCUT2D eigenvalue weighted by Crippen LogP contribution is 2.34. The van der Waals surface area contributed by atoms with Gasteiger partial charge in [-0.25, -0.2) is 9.78 Å². The van der Waals surface area contributed by atoms with E-state index in [1.54, 1.807) is 44.2 Å². The normalized spacial score (nSPS) is 14.0. The van der Waals surface area contributed by atoms with Gasteiger partial charge < -0.3 is 19.5 Å². The van der Waals surface area contributed by atoms with Gasteiger partial charge in [0.05, 0.1) is 29.7 Å². The zero-order valence-electron chi connectivity index (χ0n) is 19.7. The van der Waals surface area contributed by atoms with E-state index in [0.29, 0.717) is 30.8 Å². The molecule has 1 aliphatic rings.